The summed E-state index contributed by atoms with van der Waals surface area (Å²) >= 11 is 0. The van der Waals surface area contributed by atoms with Gasteiger partial charge in [-0.3, -0.25) is 0 Å². The van der Waals surface area contributed by atoms with Crippen LogP contribution in [-0.4, -0.2) is 0 Å². The van der Waals surface area contributed by atoms with Gasteiger partial charge in [0.2, 0.25) is 0 Å². The Balaban J connectivity index is 0.915. The van der Waals surface area contributed by atoms with E-state index in [4.69, 9.17) is 0 Å². The van der Waals surface area contributed by atoms with Crippen molar-refractivity contribution in [2.75, 3.05) is 4.90 Å². The Morgan fingerprint density at radius 1 is 0.265 bits per heavy atom. The molecule has 13 aromatic carbocycles. The molecule has 14 rings (SSSR count). The van der Waals surface area contributed by atoms with Gasteiger partial charge in [-0.05, 0) is 175 Å². The minimum atomic E-state index is -0.192. The van der Waals surface area contributed by atoms with Crippen molar-refractivity contribution in [1.82, 2.24) is 0 Å². The summed E-state index contributed by atoms with van der Waals surface area (Å²) in [5.74, 6) is 0. The van der Waals surface area contributed by atoms with Gasteiger partial charge in [-0.25, -0.2) is 0 Å². The monoisotopic (exact) mass is 863 g/mol. The zero-order valence-corrected chi connectivity index (χ0v) is 38.0. The fourth-order valence-corrected chi connectivity index (χ4v) is 11.9. The molecule has 0 aromatic heterocycles. The number of hydrogen-bond acceptors (Lipinski definition) is 1. The Bertz CT molecular complexity index is 4090. The third-order valence-corrected chi connectivity index (χ3v) is 15.2. The lowest BCUT2D eigenvalue weighted by Crippen LogP contribution is -2.15. The molecule has 0 N–H and O–H groups in total. The van der Waals surface area contributed by atoms with Crippen LogP contribution in [0, 0.1) is 0 Å². The van der Waals surface area contributed by atoms with Crippen LogP contribution in [0.5, 0.6) is 0 Å². The van der Waals surface area contributed by atoms with Gasteiger partial charge < -0.3 is 4.90 Å². The summed E-state index contributed by atoms with van der Waals surface area (Å²) in [7, 11) is 0. The highest BCUT2D eigenvalue weighted by Gasteiger charge is 2.36. The predicted octanol–water partition coefficient (Wildman–Crippen LogP) is 18.9. The minimum Gasteiger partial charge on any atom is -0.310 e. The Labute approximate surface area is 395 Å². The van der Waals surface area contributed by atoms with Gasteiger partial charge in [0.25, 0.3) is 0 Å². The average molecular weight is 864 g/mol. The molecule has 318 valence electrons. The van der Waals surface area contributed by atoms with Crippen molar-refractivity contribution in [3.8, 4) is 33.4 Å². The summed E-state index contributed by atoms with van der Waals surface area (Å²) in [6.45, 7) is 4.83. The van der Waals surface area contributed by atoms with Gasteiger partial charge >= 0.3 is 0 Å². The van der Waals surface area contributed by atoms with E-state index in [-0.39, 0.29) is 5.41 Å². The first-order valence-electron chi connectivity index (χ1n) is 23.8. The number of benzene rings is 13. The van der Waals surface area contributed by atoms with Crippen LogP contribution >= 0.6 is 0 Å². The maximum absolute atomic E-state index is 2.51. The number of nitrogens with zero attached hydrogens (tertiary/aromatic N) is 1. The number of anilines is 3. The molecule has 1 heteroatoms. The van der Waals surface area contributed by atoms with Crippen LogP contribution in [-0.2, 0) is 5.41 Å². The molecular formula is C67H45N. The highest BCUT2D eigenvalue weighted by molar-refractivity contribution is 6.26. The van der Waals surface area contributed by atoms with E-state index in [2.05, 4.69) is 255 Å². The molecule has 0 radical (unpaired) electrons. The maximum atomic E-state index is 2.51. The quantitative estimate of drug-likeness (QED) is 0.123. The third-order valence-electron chi connectivity index (χ3n) is 15.2. The van der Waals surface area contributed by atoms with Crippen molar-refractivity contribution in [3.63, 3.8) is 0 Å². The summed E-state index contributed by atoms with van der Waals surface area (Å²) in [6.07, 6.45) is 0. The first-order chi connectivity index (χ1) is 33.5. The topological polar surface area (TPSA) is 3.24 Å². The molecule has 0 fully saturated rings. The van der Waals surface area contributed by atoms with Crippen molar-refractivity contribution in [2.24, 2.45) is 0 Å². The molecule has 13 aromatic rings. The zero-order chi connectivity index (χ0) is 45.1. The molecule has 0 saturated heterocycles. The lowest BCUT2D eigenvalue weighted by Gasteiger charge is -2.26. The van der Waals surface area contributed by atoms with Gasteiger partial charge in [-0.15, -0.1) is 0 Å². The fraction of sp³-hybridized carbons (Fsp3) is 0.0448. The second kappa shape index (κ2) is 14.7. The van der Waals surface area contributed by atoms with Gasteiger partial charge in [0.05, 0.1) is 0 Å². The molecule has 0 atom stereocenters. The Morgan fingerprint density at radius 3 is 1.16 bits per heavy atom. The lowest BCUT2D eigenvalue weighted by molar-refractivity contribution is 0.661. The van der Waals surface area contributed by atoms with Gasteiger partial charge in [0, 0.05) is 22.5 Å². The van der Waals surface area contributed by atoms with E-state index >= 15 is 0 Å². The predicted molar refractivity (Wildman–Crippen MR) is 292 cm³/mol. The van der Waals surface area contributed by atoms with Crippen LogP contribution in [0.3, 0.4) is 0 Å². The van der Waals surface area contributed by atoms with Crippen LogP contribution in [0.1, 0.15) is 25.0 Å². The highest BCUT2D eigenvalue weighted by atomic mass is 15.1. The summed E-state index contributed by atoms with van der Waals surface area (Å²) in [5.41, 5.74) is 13.6. The number of rotatable bonds is 5. The average Bonchev–Trinajstić information content (AvgIpc) is 3.61. The molecule has 1 nitrogen and oxygen atoms in total. The smallest absolute Gasteiger partial charge is 0.0468 e. The van der Waals surface area contributed by atoms with Crippen molar-refractivity contribution < 1.29 is 0 Å². The summed E-state index contributed by atoms with van der Waals surface area (Å²) < 4.78 is 0. The summed E-state index contributed by atoms with van der Waals surface area (Å²) in [6, 6.07) is 88.2. The second-order valence-electron chi connectivity index (χ2n) is 19.2. The van der Waals surface area contributed by atoms with E-state index in [9.17, 15) is 0 Å². The molecular weight excluding hydrogens is 819 g/mol. The van der Waals surface area contributed by atoms with E-state index in [1.807, 2.05) is 0 Å². The van der Waals surface area contributed by atoms with Crippen LogP contribution in [0.4, 0.5) is 17.1 Å². The standard InChI is InChI=1S/C67H45N/c1-67(2)63-39-47(31-36-55(63)62-40-60-53-21-9-7-19-51(53)52-20-8-10-22-54(52)61(60)41-64(62)67)66-58-25-13-11-23-56(58)65(57-24-12-14-26-59(57)66)44-29-32-48(33-30-44)68(49-34-27-42-15-3-5-17-45(42)37-49)50-35-28-43-16-4-6-18-46(43)38-50/h3-41H,1-2H3. The molecule has 0 amide bonds. The van der Waals surface area contributed by atoms with Crippen LogP contribution in [0.25, 0.3) is 109 Å². The SMILES string of the molecule is CC1(C)c2cc(-c3c4ccccc4c(-c4ccc(N(c5ccc6ccccc6c5)c5ccc6ccccc6c5)cc4)c4ccccc34)ccc2-c2cc3c4ccccc4c4ccccc4c3cc21. The number of hydrogen-bond donors (Lipinski definition) is 0. The molecule has 0 heterocycles. The van der Waals surface area contributed by atoms with Gasteiger partial charge in [0.15, 0.2) is 0 Å². The summed E-state index contributed by atoms with van der Waals surface area (Å²) in [5, 5.41) is 17.8. The molecule has 68 heavy (non-hydrogen) atoms. The van der Waals surface area contributed by atoms with Gasteiger partial charge in [0.1, 0.15) is 0 Å². The van der Waals surface area contributed by atoms with Gasteiger partial charge in [-0.1, -0.05) is 196 Å². The van der Waals surface area contributed by atoms with E-state index < -0.39 is 0 Å². The van der Waals surface area contributed by atoms with E-state index in [0.29, 0.717) is 0 Å². The van der Waals surface area contributed by atoms with Crippen LogP contribution in [0.2, 0.25) is 0 Å². The van der Waals surface area contributed by atoms with E-state index in [1.165, 1.54) is 120 Å². The maximum Gasteiger partial charge on any atom is 0.0468 e. The first-order valence-corrected chi connectivity index (χ1v) is 23.8. The Morgan fingerprint density at radius 2 is 0.647 bits per heavy atom. The molecule has 0 unspecified atom stereocenters. The van der Waals surface area contributed by atoms with Crippen molar-refractivity contribution in [3.05, 3.63) is 248 Å². The molecule has 0 saturated carbocycles. The second-order valence-corrected chi connectivity index (χ2v) is 19.2. The molecule has 1 aliphatic carbocycles. The summed E-state index contributed by atoms with van der Waals surface area (Å²) in [4.78, 5) is 2.39. The molecule has 0 bridgehead atoms. The van der Waals surface area contributed by atoms with E-state index in [0.717, 1.165) is 17.1 Å². The van der Waals surface area contributed by atoms with Crippen molar-refractivity contribution in [2.45, 2.75) is 19.3 Å². The van der Waals surface area contributed by atoms with Crippen LogP contribution in [0.15, 0.2) is 237 Å². The normalized spacial score (nSPS) is 13.0. The van der Waals surface area contributed by atoms with Crippen molar-refractivity contribution in [1.29, 1.82) is 0 Å². The number of fused-ring (bicyclic) bond motifs is 13. The highest BCUT2D eigenvalue weighted by Crippen LogP contribution is 2.54. The first kappa shape index (κ1) is 38.7. The van der Waals surface area contributed by atoms with Crippen molar-refractivity contribution >= 4 is 92.5 Å². The zero-order valence-electron chi connectivity index (χ0n) is 38.0. The molecule has 0 aliphatic heterocycles. The third kappa shape index (κ3) is 5.76. The molecule has 0 spiro atoms. The Hall–Kier alpha value is -8.52. The fourth-order valence-electron chi connectivity index (χ4n) is 11.9. The van der Waals surface area contributed by atoms with Crippen LogP contribution < -0.4 is 4.90 Å². The largest absolute Gasteiger partial charge is 0.310 e. The lowest BCUT2D eigenvalue weighted by atomic mass is 9.79. The Kier molecular flexibility index (Phi) is 8.40. The minimum absolute atomic E-state index is 0.192. The van der Waals surface area contributed by atoms with Gasteiger partial charge in [-0.2, -0.15) is 0 Å². The van der Waals surface area contributed by atoms with E-state index in [1.54, 1.807) is 0 Å². The molecule has 1 aliphatic rings.